The Balaban J connectivity index is 1.64. The van der Waals surface area contributed by atoms with E-state index in [9.17, 15) is 9.59 Å². The lowest BCUT2D eigenvalue weighted by molar-refractivity contribution is 0.182. The third kappa shape index (κ3) is 8.38. The Kier molecular flexibility index (Phi) is 11.2. The molecule has 0 N–H and O–H groups in total. The molecule has 2 saturated heterocycles. The first-order valence-corrected chi connectivity index (χ1v) is 14.9. The normalized spacial score (nSPS) is 17.9. The molecule has 0 aromatic rings. The molecule has 0 saturated carbocycles. The van der Waals surface area contributed by atoms with Gasteiger partial charge in [-0.1, -0.05) is 52.1 Å². The van der Waals surface area contributed by atoms with Crippen molar-refractivity contribution in [3.63, 3.8) is 0 Å². The number of likely N-dealkylation sites (N-methyl/N-ethyl adjacent to an activating group) is 2. The van der Waals surface area contributed by atoms with E-state index in [1.807, 2.05) is 37.4 Å². The fraction of sp³-hybridized carbons (Fsp3) is 0.750. The second-order valence-electron chi connectivity index (χ2n) is 10.4. The number of carbonyl (C=O) groups is 2. The average Bonchev–Trinajstić information content (AvgIpc) is 3.19. The maximum absolute atomic E-state index is 12.4. The molecule has 2 fully saturated rings. The molecule has 0 radical (unpaired) electrons. The van der Waals surface area contributed by atoms with Gasteiger partial charge in [0.15, 0.2) is 0 Å². The Labute approximate surface area is 225 Å². The van der Waals surface area contributed by atoms with Gasteiger partial charge in [0.25, 0.3) is 0 Å². The van der Waals surface area contributed by atoms with Crippen LogP contribution in [-0.4, -0.2) is 92.4 Å². The molecule has 0 aromatic carbocycles. The lowest BCUT2D eigenvalue weighted by atomic mass is 9.89. The molecule has 6 nitrogen and oxygen atoms in total. The molecule has 2 rings (SSSR count). The van der Waals surface area contributed by atoms with Crippen molar-refractivity contribution in [2.75, 3.05) is 50.8 Å². The minimum Gasteiger partial charge on any atom is -0.318 e. The van der Waals surface area contributed by atoms with Crippen molar-refractivity contribution in [2.24, 2.45) is 10.8 Å². The highest BCUT2D eigenvalue weighted by molar-refractivity contribution is 8.05. The van der Waals surface area contributed by atoms with Gasteiger partial charge in [-0.15, -0.1) is 23.5 Å². The number of urea groups is 2. The van der Waals surface area contributed by atoms with Gasteiger partial charge in [-0.25, -0.2) is 9.59 Å². The Morgan fingerprint density at radius 3 is 1.41 bits per heavy atom. The molecule has 0 spiro atoms. The molecule has 34 heavy (non-hydrogen) atoms. The Hall–Kier alpha value is -0.840. The van der Waals surface area contributed by atoms with E-state index in [-0.39, 0.29) is 22.9 Å². The summed E-state index contributed by atoms with van der Waals surface area (Å²) in [6.07, 6.45) is 2.02. The van der Waals surface area contributed by atoms with Crippen molar-refractivity contribution in [1.82, 2.24) is 19.6 Å². The van der Waals surface area contributed by atoms with Gasteiger partial charge in [0, 0.05) is 26.2 Å². The zero-order chi connectivity index (χ0) is 25.5. The number of thioether (sulfide) groups is 2. The monoisotopic (exact) mass is 544 g/mol. The summed E-state index contributed by atoms with van der Waals surface area (Å²) in [6, 6.07) is 0.0946. The van der Waals surface area contributed by atoms with E-state index in [4.69, 9.17) is 24.4 Å². The summed E-state index contributed by atoms with van der Waals surface area (Å²) in [4.78, 5) is 33.5. The smallest absolute Gasteiger partial charge is 0.318 e. The molecule has 2 aliphatic heterocycles. The van der Waals surface area contributed by atoms with Crippen LogP contribution < -0.4 is 0 Å². The van der Waals surface area contributed by atoms with Crippen LogP contribution >= 0.6 is 48.0 Å². The number of rotatable bonds is 14. The van der Waals surface area contributed by atoms with Gasteiger partial charge in [0.05, 0.1) is 13.1 Å². The quantitative estimate of drug-likeness (QED) is 0.200. The highest BCUT2D eigenvalue weighted by Crippen LogP contribution is 2.29. The highest BCUT2D eigenvalue weighted by atomic mass is 32.2. The van der Waals surface area contributed by atoms with Crippen LogP contribution in [0.3, 0.4) is 0 Å². The molecule has 10 heteroatoms. The maximum Gasteiger partial charge on any atom is 0.325 e. The molecule has 0 atom stereocenters. The molecular formula is C24H40N4O2S4. The molecular weight excluding hydrogens is 505 g/mol. The topological polar surface area (TPSA) is 47.1 Å². The first-order chi connectivity index (χ1) is 15.9. The third-order valence-corrected chi connectivity index (χ3v) is 8.64. The third-order valence-electron chi connectivity index (χ3n) is 6.23. The fourth-order valence-electron chi connectivity index (χ4n) is 3.89. The summed E-state index contributed by atoms with van der Waals surface area (Å²) in [5.41, 5.74) is 0.0326. The fourth-order valence-corrected chi connectivity index (χ4v) is 6.73. The van der Waals surface area contributed by atoms with Gasteiger partial charge in [-0.2, -0.15) is 0 Å². The Morgan fingerprint density at radius 2 is 1.12 bits per heavy atom. The molecule has 0 aliphatic carbocycles. The van der Waals surface area contributed by atoms with Crippen molar-refractivity contribution in [3.8, 4) is 0 Å². The van der Waals surface area contributed by atoms with E-state index >= 15 is 0 Å². The van der Waals surface area contributed by atoms with E-state index in [0.717, 1.165) is 34.3 Å². The predicted molar refractivity (Wildman–Crippen MR) is 155 cm³/mol. The van der Waals surface area contributed by atoms with Crippen LogP contribution in [0.15, 0.2) is 10.8 Å². The second-order valence-corrected chi connectivity index (χ2v) is 13.4. The Morgan fingerprint density at radius 1 is 0.765 bits per heavy atom. The van der Waals surface area contributed by atoms with Crippen molar-refractivity contribution < 1.29 is 9.59 Å². The largest absolute Gasteiger partial charge is 0.325 e. The van der Waals surface area contributed by atoms with Crippen LogP contribution in [-0.2, 0) is 0 Å². The van der Waals surface area contributed by atoms with E-state index < -0.39 is 0 Å². The molecule has 192 valence electrons. The zero-order valence-corrected chi connectivity index (χ0v) is 24.7. The van der Waals surface area contributed by atoms with E-state index in [1.165, 1.54) is 0 Å². The van der Waals surface area contributed by atoms with Crippen molar-refractivity contribution >= 4 is 70.0 Å². The van der Waals surface area contributed by atoms with Gasteiger partial charge in [-0.05, 0) is 59.8 Å². The van der Waals surface area contributed by atoms with Crippen molar-refractivity contribution in [3.05, 3.63) is 10.8 Å². The molecule has 2 heterocycles. The summed E-state index contributed by atoms with van der Waals surface area (Å²) in [6.45, 7) is 16.7. The number of hydrogen-bond acceptors (Lipinski definition) is 6. The van der Waals surface area contributed by atoms with E-state index in [1.54, 1.807) is 19.6 Å². The number of nitrogens with zero attached hydrogens (tertiary/aromatic N) is 4. The summed E-state index contributed by atoms with van der Waals surface area (Å²) in [7, 11) is 0. The summed E-state index contributed by atoms with van der Waals surface area (Å²) in [5, 5.41) is 4.33. The zero-order valence-electron chi connectivity index (χ0n) is 21.5. The predicted octanol–water partition coefficient (Wildman–Crippen LogP) is 5.93. The van der Waals surface area contributed by atoms with Gasteiger partial charge in [0.2, 0.25) is 0 Å². The molecule has 0 bridgehead atoms. The van der Waals surface area contributed by atoms with Gasteiger partial charge in [-0.3, -0.25) is 9.80 Å². The van der Waals surface area contributed by atoms with E-state index in [0.29, 0.717) is 39.3 Å². The minimum absolute atomic E-state index is 0.0163. The second kappa shape index (κ2) is 12.9. The van der Waals surface area contributed by atoms with Crippen LogP contribution in [0.2, 0.25) is 0 Å². The van der Waals surface area contributed by atoms with Crippen LogP contribution in [0.1, 0.15) is 54.4 Å². The average molecular weight is 545 g/mol. The summed E-state index contributed by atoms with van der Waals surface area (Å²) in [5.74, 6) is 2.01. The standard InChI is InChI=1S/C24H40N4O2S4/c1-7-25-15-19(31)27(21(25)29)17-23(3,4)9-11-33-13-14-34-12-10-24(5,6)18-28-20(32)16-26(8-2)22(28)30/h13-14H,7-12,15-18H2,1-6H3/b14-13+. The molecule has 4 amide bonds. The SMILES string of the molecule is CCN1CC(=S)N(CC(C)(C)CCS/C=C/SCCC(C)(C)CN2C(=O)N(CC)CC2=S)C1=O. The van der Waals surface area contributed by atoms with Gasteiger partial charge in [0.1, 0.15) is 9.98 Å². The van der Waals surface area contributed by atoms with Crippen molar-refractivity contribution in [1.29, 1.82) is 0 Å². The molecule has 2 aliphatic rings. The van der Waals surface area contributed by atoms with Crippen molar-refractivity contribution in [2.45, 2.75) is 54.4 Å². The number of hydrogen-bond donors (Lipinski definition) is 0. The van der Waals surface area contributed by atoms with Crippen LogP contribution in [0.5, 0.6) is 0 Å². The highest BCUT2D eigenvalue weighted by Gasteiger charge is 2.36. The van der Waals surface area contributed by atoms with E-state index in [2.05, 4.69) is 38.5 Å². The molecule has 0 aromatic heterocycles. The van der Waals surface area contributed by atoms with Gasteiger partial charge >= 0.3 is 12.1 Å². The van der Waals surface area contributed by atoms with Gasteiger partial charge < -0.3 is 9.80 Å². The first-order valence-electron chi connectivity index (χ1n) is 12.0. The number of amides is 4. The Bertz CT molecular complexity index is 736. The van der Waals surface area contributed by atoms with Crippen LogP contribution in [0.25, 0.3) is 0 Å². The van der Waals surface area contributed by atoms with Crippen LogP contribution in [0.4, 0.5) is 9.59 Å². The minimum atomic E-state index is 0.0163. The molecule has 0 unspecified atom stereocenters. The number of thiocarbonyl (C=S) groups is 2. The summed E-state index contributed by atoms with van der Waals surface area (Å²) < 4.78 is 0. The lowest BCUT2D eigenvalue weighted by Gasteiger charge is -2.30. The first kappa shape index (κ1) is 29.4. The van der Waals surface area contributed by atoms with Crippen LogP contribution in [0, 0.1) is 10.8 Å². The number of carbonyl (C=O) groups excluding carboxylic acids is 2. The lowest BCUT2D eigenvalue weighted by Crippen LogP contribution is -2.39. The summed E-state index contributed by atoms with van der Waals surface area (Å²) >= 11 is 14.5. The maximum atomic E-state index is 12.4.